The summed E-state index contributed by atoms with van der Waals surface area (Å²) in [4.78, 5) is 30.6. The van der Waals surface area contributed by atoms with Crippen LogP contribution in [0, 0.1) is 6.92 Å². The molecule has 2 heterocycles. The molecule has 36 heavy (non-hydrogen) atoms. The predicted octanol–water partition coefficient (Wildman–Crippen LogP) is 4.36. The lowest BCUT2D eigenvalue weighted by Gasteiger charge is -2.19. The van der Waals surface area contributed by atoms with Crippen LogP contribution >= 0.6 is 0 Å². The highest BCUT2D eigenvalue weighted by Gasteiger charge is 2.18. The first-order valence-electron chi connectivity index (χ1n) is 11.5. The third-order valence-electron chi connectivity index (χ3n) is 5.84. The summed E-state index contributed by atoms with van der Waals surface area (Å²) in [6.07, 6.45) is 0. The minimum Gasteiger partial charge on any atom is -0.495 e. The number of aromatic nitrogens is 1. The number of rotatable bonds is 6. The molecule has 0 fully saturated rings. The van der Waals surface area contributed by atoms with Crippen molar-refractivity contribution in [3.63, 3.8) is 0 Å². The molecule has 0 spiro atoms. The van der Waals surface area contributed by atoms with Crippen LogP contribution in [0.3, 0.4) is 0 Å². The van der Waals surface area contributed by atoms with Crippen LogP contribution in [0.25, 0.3) is 22.2 Å². The Balaban J connectivity index is 1.39. The Morgan fingerprint density at radius 2 is 1.78 bits per heavy atom. The fourth-order valence-corrected chi connectivity index (χ4v) is 4.08. The number of fused-ring (bicyclic) bond motifs is 2. The van der Waals surface area contributed by atoms with Gasteiger partial charge in [-0.3, -0.25) is 9.59 Å². The highest BCUT2D eigenvalue weighted by Crippen LogP contribution is 2.35. The van der Waals surface area contributed by atoms with Crippen molar-refractivity contribution in [3.05, 3.63) is 77.9 Å². The number of nitrogens with one attached hydrogen (secondary N) is 2. The van der Waals surface area contributed by atoms with Gasteiger partial charge < -0.3 is 24.8 Å². The number of ether oxygens (including phenoxy) is 3. The van der Waals surface area contributed by atoms with Crippen LogP contribution in [0.1, 0.15) is 15.9 Å². The number of carbonyl (C=O) groups is 2. The number of hydrogen-bond acceptors (Lipinski definition) is 6. The molecule has 0 radical (unpaired) electrons. The highest BCUT2D eigenvalue weighted by atomic mass is 16.6. The minimum atomic E-state index is -0.376. The Morgan fingerprint density at radius 3 is 2.61 bits per heavy atom. The molecule has 2 N–H and O–H groups in total. The molecule has 8 nitrogen and oxygen atoms in total. The lowest BCUT2D eigenvalue weighted by Crippen LogP contribution is -2.33. The molecule has 0 saturated heterocycles. The average molecular weight is 484 g/mol. The van der Waals surface area contributed by atoms with Gasteiger partial charge in [0.1, 0.15) is 19.0 Å². The largest absolute Gasteiger partial charge is 0.495 e. The average Bonchev–Trinajstić information content (AvgIpc) is 2.91. The molecule has 182 valence electrons. The van der Waals surface area contributed by atoms with E-state index in [1.807, 2.05) is 61.5 Å². The van der Waals surface area contributed by atoms with Crippen LogP contribution in [-0.4, -0.2) is 43.7 Å². The smallest absolute Gasteiger partial charge is 0.252 e. The number of para-hydroxylation sites is 1. The van der Waals surface area contributed by atoms with Gasteiger partial charge in [0.05, 0.1) is 36.1 Å². The second-order valence-corrected chi connectivity index (χ2v) is 8.37. The molecule has 1 aromatic heterocycles. The number of anilines is 1. The Labute approximate surface area is 208 Å². The standard InChI is InChI=1S/C28H25N3O5/c1-17-7-9-24(34-2)23(13-17)31-27(32)16-29-28(33)20-15-22(30-21-6-4-3-5-19(20)21)18-8-10-25-26(14-18)36-12-11-35-25/h3-10,13-15H,11-12,16H2,1-2H3,(H,29,33)(H,31,32). The van der Waals surface area contributed by atoms with Gasteiger partial charge in [0.25, 0.3) is 5.91 Å². The first-order valence-corrected chi connectivity index (χ1v) is 11.5. The number of benzene rings is 3. The molecule has 0 aliphatic carbocycles. The molecule has 0 bridgehead atoms. The fraction of sp³-hybridized carbons (Fsp3) is 0.179. The van der Waals surface area contributed by atoms with Crippen molar-refractivity contribution in [2.24, 2.45) is 0 Å². The third kappa shape index (κ3) is 4.79. The zero-order valence-corrected chi connectivity index (χ0v) is 20.0. The van der Waals surface area contributed by atoms with Crippen LogP contribution < -0.4 is 24.8 Å². The first-order chi connectivity index (χ1) is 17.5. The molecule has 2 amide bonds. The molecule has 0 atom stereocenters. The Bertz CT molecular complexity index is 1470. The van der Waals surface area contributed by atoms with Crippen molar-refractivity contribution in [1.82, 2.24) is 10.3 Å². The maximum Gasteiger partial charge on any atom is 0.252 e. The summed E-state index contributed by atoms with van der Waals surface area (Å²) in [5.74, 6) is 1.13. The SMILES string of the molecule is COc1ccc(C)cc1NC(=O)CNC(=O)c1cc(-c2ccc3c(c2)OCCO3)nc2ccccc12. The van der Waals surface area contributed by atoms with E-state index in [1.165, 1.54) is 7.11 Å². The van der Waals surface area contributed by atoms with Crippen LogP contribution in [0.2, 0.25) is 0 Å². The number of amides is 2. The monoisotopic (exact) mass is 483 g/mol. The Hall–Kier alpha value is -4.59. The summed E-state index contributed by atoms with van der Waals surface area (Å²) in [7, 11) is 1.54. The predicted molar refractivity (Wildman–Crippen MR) is 137 cm³/mol. The van der Waals surface area contributed by atoms with Gasteiger partial charge in [0.15, 0.2) is 11.5 Å². The van der Waals surface area contributed by atoms with Crippen molar-refractivity contribution in [2.75, 3.05) is 32.2 Å². The maximum absolute atomic E-state index is 13.2. The molecule has 1 aliphatic rings. The van der Waals surface area contributed by atoms with E-state index in [1.54, 1.807) is 12.1 Å². The van der Waals surface area contributed by atoms with Crippen LogP contribution in [-0.2, 0) is 4.79 Å². The molecule has 8 heteroatoms. The van der Waals surface area contributed by atoms with E-state index < -0.39 is 0 Å². The fourth-order valence-electron chi connectivity index (χ4n) is 4.08. The van der Waals surface area contributed by atoms with Crippen molar-refractivity contribution >= 4 is 28.4 Å². The second-order valence-electron chi connectivity index (χ2n) is 8.37. The normalized spacial score (nSPS) is 12.2. The second kappa shape index (κ2) is 9.95. The Kier molecular flexibility index (Phi) is 6.40. The Morgan fingerprint density at radius 1 is 0.972 bits per heavy atom. The van der Waals surface area contributed by atoms with Gasteiger partial charge in [-0.25, -0.2) is 4.98 Å². The van der Waals surface area contributed by atoms with Gasteiger partial charge in [-0.1, -0.05) is 24.3 Å². The van der Waals surface area contributed by atoms with Gasteiger partial charge in [0.2, 0.25) is 5.91 Å². The number of carbonyl (C=O) groups excluding carboxylic acids is 2. The topological polar surface area (TPSA) is 98.8 Å². The lowest BCUT2D eigenvalue weighted by atomic mass is 10.0. The van der Waals surface area contributed by atoms with Gasteiger partial charge in [0, 0.05) is 10.9 Å². The zero-order chi connectivity index (χ0) is 25.1. The van der Waals surface area contributed by atoms with Crippen molar-refractivity contribution in [2.45, 2.75) is 6.92 Å². The summed E-state index contributed by atoms with van der Waals surface area (Å²) in [6, 6.07) is 20.2. The lowest BCUT2D eigenvalue weighted by molar-refractivity contribution is -0.115. The summed E-state index contributed by atoms with van der Waals surface area (Å²) >= 11 is 0. The number of hydrogen-bond donors (Lipinski definition) is 2. The number of methoxy groups -OCH3 is 1. The molecule has 5 rings (SSSR count). The van der Waals surface area contributed by atoms with Crippen LogP contribution in [0.15, 0.2) is 66.7 Å². The number of nitrogens with zero attached hydrogens (tertiary/aromatic N) is 1. The van der Waals surface area contributed by atoms with Gasteiger partial charge in [-0.15, -0.1) is 0 Å². The van der Waals surface area contributed by atoms with E-state index in [0.717, 1.165) is 11.1 Å². The zero-order valence-electron chi connectivity index (χ0n) is 20.0. The van der Waals surface area contributed by atoms with E-state index in [4.69, 9.17) is 19.2 Å². The van der Waals surface area contributed by atoms with Crippen LogP contribution in [0.5, 0.6) is 17.2 Å². The molecule has 0 saturated carbocycles. The van der Waals surface area contributed by atoms with Gasteiger partial charge in [-0.05, 0) is 55.0 Å². The maximum atomic E-state index is 13.2. The van der Waals surface area contributed by atoms with E-state index in [2.05, 4.69) is 10.6 Å². The minimum absolute atomic E-state index is 0.202. The molecular formula is C28H25N3O5. The van der Waals surface area contributed by atoms with E-state index in [-0.39, 0.29) is 18.4 Å². The van der Waals surface area contributed by atoms with Crippen molar-refractivity contribution in [1.29, 1.82) is 0 Å². The van der Waals surface area contributed by atoms with E-state index in [9.17, 15) is 9.59 Å². The van der Waals surface area contributed by atoms with Crippen molar-refractivity contribution < 1.29 is 23.8 Å². The van der Waals surface area contributed by atoms with E-state index >= 15 is 0 Å². The summed E-state index contributed by atoms with van der Waals surface area (Å²) in [6.45, 7) is 2.71. The molecule has 3 aromatic carbocycles. The van der Waals surface area contributed by atoms with Gasteiger partial charge >= 0.3 is 0 Å². The highest BCUT2D eigenvalue weighted by molar-refractivity contribution is 6.08. The first kappa shape index (κ1) is 23.2. The summed E-state index contributed by atoms with van der Waals surface area (Å²) < 4.78 is 16.6. The van der Waals surface area contributed by atoms with E-state index in [0.29, 0.717) is 58.3 Å². The van der Waals surface area contributed by atoms with Gasteiger partial charge in [-0.2, -0.15) is 0 Å². The molecular weight excluding hydrogens is 458 g/mol. The van der Waals surface area contributed by atoms with Crippen LogP contribution in [0.4, 0.5) is 5.69 Å². The summed E-state index contributed by atoms with van der Waals surface area (Å²) in [5, 5.41) is 6.22. The van der Waals surface area contributed by atoms with Crippen molar-refractivity contribution in [3.8, 4) is 28.5 Å². The molecule has 1 aliphatic heterocycles. The summed E-state index contributed by atoms with van der Waals surface area (Å²) in [5.41, 5.74) is 4.03. The third-order valence-corrected chi connectivity index (χ3v) is 5.84. The number of pyridine rings is 1. The molecule has 0 unspecified atom stereocenters. The number of aryl methyl sites for hydroxylation is 1. The molecule has 4 aromatic rings. The quantitative estimate of drug-likeness (QED) is 0.423.